The molecule has 2 aromatic rings. The van der Waals surface area contributed by atoms with Crippen LogP contribution in [0.3, 0.4) is 0 Å². The van der Waals surface area contributed by atoms with Gasteiger partial charge in [0.05, 0.1) is 12.8 Å². The minimum absolute atomic E-state index is 0.243. The van der Waals surface area contributed by atoms with E-state index in [0.717, 1.165) is 5.56 Å². The van der Waals surface area contributed by atoms with E-state index in [4.69, 9.17) is 27.9 Å². The number of nitrogens with one attached hydrogen (secondary N) is 1. The number of carbonyl (C=O) groups excluding carboxylic acids is 2. The minimum atomic E-state index is -0.507. The average molecular weight is 378 g/mol. The highest BCUT2D eigenvalue weighted by Gasteiger charge is 2.24. The summed E-state index contributed by atoms with van der Waals surface area (Å²) >= 11 is 12.0. The molecule has 1 aliphatic rings. The number of hydrogen-bond acceptors (Lipinski definition) is 4. The van der Waals surface area contributed by atoms with Crippen LogP contribution >= 0.6 is 23.2 Å². The molecule has 0 aromatic heterocycles. The molecule has 0 unspecified atom stereocenters. The summed E-state index contributed by atoms with van der Waals surface area (Å²) in [6.45, 7) is -0.243. The third-order valence-electron chi connectivity index (χ3n) is 3.61. The molecule has 1 amide bonds. The van der Waals surface area contributed by atoms with Crippen molar-refractivity contribution in [2.75, 3.05) is 19.0 Å². The van der Waals surface area contributed by atoms with E-state index in [0.29, 0.717) is 32.6 Å². The van der Waals surface area contributed by atoms with Gasteiger partial charge in [0.25, 0.3) is 5.91 Å². The van der Waals surface area contributed by atoms with Crippen molar-refractivity contribution in [3.8, 4) is 5.75 Å². The molecule has 1 N–H and O–H groups in total. The number of anilines is 1. The molecule has 5 nitrogen and oxygen atoms in total. The molecule has 0 saturated carbocycles. The number of benzene rings is 2. The molecule has 1 aliphatic heterocycles. The highest BCUT2D eigenvalue weighted by Crippen LogP contribution is 2.36. The fourth-order valence-corrected chi connectivity index (χ4v) is 2.78. The van der Waals surface area contributed by atoms with Crippen LogP contribution in [-0.2, 0) is 14.3 Å². The lowest BCUT2D eigenvalue weighted by Crippen LogP contribution is -2.13. The number of ether oxygens (including phenoxy) is 2. The zero-order chi connectivity index (χ0) is 18.0. The maximum absolute atomic E-state index is 12.3. The quantitative estimate of drug-likeness (QED) is 0.644. The molecule has 0 radical (unpaired) electrons. The zero-order valence-corrected chi connectivity index (χ0v) is 14.6. The summed E-state index contributed by atoms with van der Waals surface area (Å²) in [4.78, 5) is 23.6. The topological polar surface area (TPSA) is 64.6 Å². The largest absolute Gasteiger partial charge is 0.481 e. The summed E-state index contributed by atoms with van der Waals surface area (Å²) in [5.41, 5.74) is 2.40. The lowest BCUT2D eigenvalue weighted by atomic mass is 10.0. The van der Waals surface area contributed by atoms with E-state index < -0.39 is 5.97 Å². The van der Waals surface area contributed by atoms with Crippen LogP contribution in [0.4, 0.5) is 5.69 Å². The molecule has 7 heteroatoms. The van der Waals surface area contributed by atoms with E-state index in [-0.39, 0.29) is 12.5 Å². The van der Waals surface area contributed by atoms with Gasteiger partial charge in [0.15, 0.2) is 6.61 Å². The van der Waals surface area contributed by atoms with Gasteiger partial charge in [-0.25, -0.2) is 4.79 Å². The molecular weight excluding hydrogens is 365 g/mol. The van der Waals surface area contributed by atoms with E-state index in [1.807, 2.05) is 0 Å². The van der Waals surface area contributed by atoms with Crippen LogP contribution in [0.15, 0.2) is 36.4 Å². The summed E-state index contributed by atoms with van der Waals surface area (Å²) in [6, 6.07) is 10.1. The molecule has 25 heavy (non-hydrogen) atoms. The van der Waals surface area contributed by atoms with Crippen LogP contribution in [0.25, 0.3) is 11.6 Å². The van der Waals surface area contributed by atoms with Crippen LogP contribution in [0.1, 0.15) is 11.1 Å². The first-order valence-electron chi connectivity index (χ1n) is 7.30. The summed E-state index contributed by atoms with van der Waals surface area (Å²) < 4.78 is 10.0. The molecule has 0 spiro atoms. The Morgan fingerprint density at radius 1 is 1.16 bits per heavy atom. The molecule has 0 bridgehead atoms. The Bertz CT molecular complexity index is 893. The van der Waals surface area contributed by atoms with Crippen molar-refractivity contribution in [2.24, 2.45) is 0 Å². The number of rotatable bonds is 4. The van der Waals surface area contributed by atoms with Gasteiger partial charge < -0.3 is 14.8 Å². The van der Waals surface area contributed by atoms with Crippen LogP contribution in [-0.4, -0.2) is 25.6 Å². The third-order valence-corrected chi connectivity index (χ3v) is 4.08. The zero-order valence-electron chi connectivity index (χ0n) is 13.1. The Morgan fingerprint density at radius 3 is 2.64 bits per heavy atom. The number of amides is 1. The molecule has 0 saturated heterocycles. The SMILES string of the molecule is COC(=O)COc1ccc(Cl)cc1/C=C1/C(=O)Nc2cc(Cl)ccc21. The van der Waals surface area contributed by atoms with Crippen molar-refractivity contribution in [3.05, 3.63) is 57.6 Å². The summed E-state index contributed by atoms with van der Waals surface area (Å²) in [5.74, 6) is -0.346. The predicted octanol–water partition coefficient (Wildman–Crippen LogP) is 4.04. The van der Waals surface area contributed by atoms with E-state index in [2.05, 4.69) is 10.1 Å². The number of hydrogen-bond donors (Lipinski definition) is 1. The summed E-state index contributed by atoms with van der Waals surface area (Å²) in [7, 11) is 1.28. The molecule has 128 valence electrons. The van der Waals surface area contributed by atoms with Crippen molar-refractivity contribution >= 4 is 52.4 Å². The van der Waals surface area contributed by atoms with Gasteiger partial charge in [0, 0.05) is 26.7 Å². The Morgan fingerprint density at radius 2 is 1.88 bits per heavy atom. The van der Waals surface area contributed by atoms with Crippen molar-refractivity contribution < 1.29 is 19.1 Å². The Hall–Kier alpha value is -2.50. The summed E-state index contributed by atoms with van der Waals surface area (Å²) in [6.07, 6.45) is 1.66. The maximum atomic E-state index is 12.3. The van der Waals surface area contributed by atoms with Gasteiger partial charge in [-0.3, -0.25) is 4.79 Å². The standard InChI is InChI=1S/C18H13Cl2NO4/c1-24-17(22)9-25-16-5-3-11(19)6-10(16)7-14-13-4-2-12(20)8-15(13)21-18(14)23/h2-8H,9H2,1H3,(H,21,23)/b14-7+. The van der Waals surface area contributed by atoms with Gasteiger partial charge in [-0.05, 0) is 36.4 Å². The van der Waals surface area contributed by atoms with E-state index in [1.165, 1.54) is 7.11 Å². The van der Waals surface area contributed by atoms with E-state index >= 15 is 0 Å². The Kier molecular flexibility index (Phi) is 4.97. The smallest absolute Gasteiger partial charge is 0.343 e. The Labute approximate surface area is 154 Å². The number of halogens is 2. The number of esters is 1. The second kappa shape index (κ2) is 7.17. The number of fused-ring (bicyclic) bond motifs is 1. The molecular formula is C18H13Cl2NO4. The van der Waals surface area contributed by atoms with Crippen LogP contribution < -0.4 is 10.1 Å². The highest BCUT2D eigenvalue weighted by atomic mass is 35.5. The molecule has 0 fully saturated rings. The third kappa shape index (κ3) is 3.78. The Balaban J connectivity index is 1.99. The fraction of sp³-hybridized carbons (Fsp3) is 0.111. The first kappa shape index (κ1) is 17.3. The predicted molar refractivity (Wildman–Crippen MR) is 96.9 cm³/mol. The molecule has 3 rings (SSSR count). The fourth-order valence-electron chi connectivity index (χ4n) is 2.42. The number of carbonyl (C=O) groups is 2. The van der Waals surface area contributed by atoms with Crippen molar-refractivity contribution in [2.45, 2.75) is 0 Å². The highest BCUT2D eigenvalue weighted by molar-refractivity contribution is 6.37. The molecule has 1 heterocycles. The van der Waals surface area contributed by atoms with Gasteiger partial charge in [0.2, 0.25) is 0 Å². The second-order valence-electron chi connectivity index (χ2n) is 5.25. The van der Waals surface area contributed by atoms with Crippen molar-refractivity contribution in [1.29, 1.82) is 0 Å². The molecule has 2 aromatic carbocycles. The van der Waals surface area contributed by atoms with Gasteiger partial charge in [-0.15, -0.1) is 0 Å². The van der Waals surface area contributed by atoms with Crippen molar-refractivity contribution in [1.82, 2.24) is 0 Å². The van der Waals surface area contributed by atoms with Gasteiger partial charge in [-0.2, -0.15) is 0 Å². The first-order chi connectivity index (χ1) is 12.0. The van der Waals surface area contributed by atoms with E-state index in [1.54, 1.807) is 42.5 Å². The van der Waals surface area contributed by atoms with E-state index in [9.17, 15) is 9.59 Å². The monoisotopic (exact) mass is 377 g/mol. The maximum Gasteiger partial charge on any atom is 0.343 e. The molecule has 0 atom stereocenters. The van der Waals surface area contributed by atoms with Gasteiger partial charge in [-0.1, -0.05) is 29.3 Å². The van der Waals surface area contributed by atoms with Crippen molar-refractivity contribution in [3.63, 3.8) is 0 Å². The lowest BCUT2D eigenvalue weighted by Gasteiger charge is -2.09. The normalized spacial score (nSPS) is 14.2. The minimum Gasteiger partial charge on any atom is -0.481 e. The lowest BCUT2D eigenvalue weighted by molar-refractivity contribution is -0.142. The van der Waals surface area contributed by atoms with Gasteiger partial charge >= 0.3 is 5.97 Å². The van der Waals surface area contributed by atoms with Crippen LogP contribution in [0.2, 0.25) is 10.0 Å². The van der Waals surface area contributed by atoms with Crippen LogP contribution in [0, 0.1) is 0 Å². The second-order valence-corrected chi connectivity index (χ2v) is 6.12. The number of methoxy groups -OCH3 is 1. The average Bonchev–Trinajstić information content (AvgIpc) is 2.88. The summed E-state index contributed by atoms with van der Waals surface area (Å²) in [5, 5.41) is 3.77. The molecule has 0 aliphatic carbocycles. The first-order valence-corrected chi connectivity index (χ1v) is 8.05. The van der Waals surface area contributed by atoms with Crippen LogP contribution in [0.5, 0.6) is 5.75 Å². The van der Waals surface area contributed by atoms with Gasteiger partial charge in [0.1, 0.15) is 5.75 Å².